The summed E-state index contributed by atoms with van der Waals surface area (Å²) >= 11 is 5.04. The molecule has 0 bridgehead atoms. The van der Waals surface area contributed by atoms with Gasteiger partial charge in [-0.05, 0) is 43.4 Å². The summed E-state index contributed by atoms with van der Waals surface area (Å²) in [5.74, 6) is 1.37. The van der Waals surface area contributed by atoms with E-state index in [0.29, 0.717) is 17.5 Å². The number of thiocarbonyl (C=S) groups is 1. The lowest BCUT2D eigenvalue weighted by molar-refractivity contribution is 0.0497. The molecule has 1 aromatic rings. The fraction of sp³-hybridized carbons (Fsp3) is 0.500. The van der Waals surface area contributed by atoms with E-state index in [1.165, 1.54) is 0 Å². The van der Waals surface area contributed by atoms with E-state index in [-0.39, 0.29) is 0 Å². The van der Waals surface area contributed by atoms with Crippen molar-refractivity contribution in [2.45, 2.75) is 19.8 Å². The standard InChI is InChI=1S/C14H19NO2S/c1-10-2-3-12(14(15)18)13(8-10)17-9-11-4-6-16-7-5-11/h2-3,8,11H,4-7,9H2,1H3,(H2,15,18). The van der Waals surface area contributed by atoms with Gasteiger partial charge in [0.05, 0.1) is 12.2 Å². The summed E-state index contributed by atoms with van der Waals surface area (Å²) in [4.78, 5) is 0.386. The Morgan fingerprint density at radius 2 is 2.17 bits per heavy atom. The second-order valence-electron chi connectivity index (χ2n) is 4.73. The minimum absolute atomic E-state index is 0.386. The van der Waals surface area contributed by atoms with Gasteiger partial charge in [0.2, 0.25) is 0 Å². The van der Waals surface area contributed by atoms with Gasteiger partial charge in [0.1, 0.15) is 10.7 Å². The van der Waals surface area contributed by atoms with Crippen LogP contribution in [0.1, 0.15) is 24.0 Å². The monoisotopic (exact) mass is 265 g/mol. The van der Waals surface area contributed by atoms with E-state index in [0.717, 1.165) is 42.9 Å². The van der Waals surface area contributed by atoms with Crippen LogP contribution in [0.15, 0.2) is 18.2 Å². The van der Waals surface area contributed by atoms with Crippen LogP contribution in [0.2, 0.25) is 0 Å². The van der Waals surface area contributed by atoms with Gasteiger partial charge in [0.15, 0.2) is 0 Å². The number of hydrogen-bond acceptors (Lipinski definition) is 3. The van der Waals surface area contributed by atoms with Crippen LogP contribution in [-0.4, -0.2) is 24.8 Å². The number of hydrogen-bond donors (Lipinski definition) is 1. The molecule has 0 unspecified atom stereocenters. The molecule has 1 heterocycles. The average molecular weight is 265 g/mol. The van der Waals surface area contributed by atoms with Crippen molar-refractivity contribution < 1.29 is 9.47 Å². The molecule has 0 saturated carbocycles. The van der Waals surface area contributed by atoms with Crippen LogP contribution in [0.5, 0.6) is 5.75 Å². The molecule has 1 saturated heterocycles. The van der Waals surface area contributed by atoms with Crippen molar-refractivity contribution in [1.82, 2.24) is 0 Å². The molecule has 0 atom stereocenters. The van der Waals surface area contributed by atoms with Gasteiger partial charge in [-0.15, -0.1) is 0 Å². The summed E-state index contributed by atoms with van der Waals surface area (Å²) in [7, 11) is 0. The van der Waals surface area contributed by atoms with E-state index < -0.39 is 0 Å². The maximum absolute atomic E-state index is 5.90. The first kappa shape index (κ1) is 13.3. The highest BCUT2D eigenvalue weighted by molar-refractivity contribution is 7.80. The summed E-state index contributed by atoms with van der Waals surface area (Å²) < 4.78 is 11.2. The molecule has 0 aromatic heterocycles. The first-order valence-corrected chi connectivity index (χ1v) is 6.68. The van der Waals surface area contributed by atoms with Crippen LogP contribution in [0.4, 0.5) is 0 Å². The van der Waals surface area contributed by atoms with Crippen molar-refractivity contribution in [2.75, 3.05) is 19.8 Å². The molecule has 18 heavy (non-hydrogen) atoms. The highest BCUT2D eigenvalue weighted by Crippen LogP contribution is 2.23. The van der Waals surface area contributed by atoms with Crippen LogP contribution in [0.25, 0.3) is 0 Å². The van der Waals surface area contributed by atoms with Crippen LogP contribution in [0.3, 0.4) is 0 Å². The van der Waals surface area contributed by atoms with Crippen LogP contribution in [-0.2, 0) is 4.74 Å². The third kappa shape index (κ3) is 3.43. The van der Waals surface area contributed by atoms with E-state index in [1.807, 2.05) is 25.1 Å². The molecule has 0 aliphatic carbocycles. The zero-order valence-corrected chi connectivity index (χ0v) is 11.5. The maximum atomic E-state index is 5.90. The van der Waals surface area contributed by atoms with Gasteiger partial charge in [-0.2, -0.15) is 0 Å². The molecule has 2 N–H and O–H groups in total. The predicted molar refractivity (Wildman–Crippen MR) is 76.1 cm³/mol. The van der Waals surface area contributed by atoms with Crippen molar-refractivity contribution in [1.29, 1.82) is 0 Å². The molecule has 3 nitrogen and oxygen atoms in total. The fourth-order valence-electron chi connectivity index (χ4n) is 2.07. The third-order valence-corrected chi connectivity index (χ3v) is 3.44. The highest BCUT2D eigenvalue weighted by atomic mass is 32.1. The molecule has 98 valence electrons. The number of ether oxygens (including phenoxy) is 2. The van der Waals surface area contributed by atoms with Crippen molar-refractivity contribution in [3.63, 3.8) is 0 Å². The van der Waals surface area contributed by atoms with Gasteiger partial charge < -0.3 is 15.2 Å². The van der Waals surface area contributed by atoms with Gasteiger partial charge in [0.25, 0.3) is 0 Å². The lowest BCUT2D eigenvalue weighted by atomic mass is 10.0. The lowest BCUT2D eigenvalue weighted by Gasteiger charge is -2.22. The normalized spacial score (nSPS) is 16.5. The van der Waals surface area contributed by atoms with Gasteiger partial charge in [0, 0.05) is 13.2 Å². The summed E-state index contributed by atoms with van der Waals surface area (Å²) in [6.07, 6.45) is 2.13. The minimum atomic E-state index is 0.386. The fourth-order valence-corrected chi connectivity index (χ4v) is 2.24. The lowest BCUT2D eigenvalue weighted by Crippen LogP contribution is -2.22. The maximum Gasteiger partial charge on any atom is 0.129 e. The number of nitrogens with two attached hydrogens (primary N) is 1. The Balaban J connectivity index is 2.03. The van der Waals surface area contributed by atoms with E-state index in [2.05, 4.69) is 0 Å². The Morgan fingerprint density at radius 1 is 1.44 bits per heavy atom. The summed E-state index contributed by atoms with van der Waals surface area (Å²) in [5, 5.41) is 0. The van der Waals surface area contributed by atoms with Crippen molar-refractivity contribution in [3.05, 3.63) is 29.3 Å². The number of rotatable bonds is 4. The van der Waals surface area contributed by atoms with E-state index in [4.69, 9.17) is 27.4 Å². The SMILES string of the molecule is Cc1ccc(C(N)=S)c(OCC2CCOCC2)c1. The van der Waals surface area contributed by atoms with Crippen LogP contribution in [0, 0.1) is 12.8 Å². The third-order valence-electron chi connectivity index (χ3n) is 3.22. The Hall–Kier alpha value is -1.13. The minimum Gasteiger partial charge on any atom is -0.493 e. The second-order valence-corrected chi connectivity index (χ2v) is 5.17. The Kier molecular flexibility index (Phi) is 4.55. The topological polar surface area (TPSA) is 44.5 Å². The van der Waals surface area contributed by atoms with Gasteiger partial charge in [-0.1, -0.05) is 18.3 Å². The summed E-state index contributed by atoms with van der Waals surface area (Å²) in [6.45, 7) is 4.42. The smallest absolute Gasteiger partial charge is 0.129 e. The van der Waals surface area contributed by atoms with Crippen molar-refractivity contribution >= 4 is 17.2 Å². The molecule has 1 fully saturated rings. The Morgan fingerprint density at radius 3 is 2.83 bits per heavy atom. The van der Waals surface area contributed by atoms with E-state index in [1.54, 1.807) is 0 Å². The predicted octanol–water partition coefficient (Wildman–Crippen LogP) is 2.43. The first-order valence-electron chi connectivity index (χ1n) is 6.28. The summed E-state index contributed by atoms with van der Waals surface area (Å²) in [5.41, 5.74) is 7.68. The molecule has 1 aliphatic heterocycles. The molecule has 4 heteroatoms. The van der Waals surface area contributed by atoms with Gasteiger partial charge in [-0.25, -0.2) is 0 Å². The zero-order chi connectivity index (χ0) is 13.0. The molecular weight excluding hydrogens is 246 g/mol. The molecule has 0 amide bonds. The number of aryl methyl sites for hydroxylation is 1. The summed E-state index contributed by atoms with van der Waals surface area (Å²) in [6, 6.07) is 5.92. The van der Waals surface area contributed by atoms with Gasteiger partial charge >= 0.3 is 0 Å². The Bertz CT molecular complexity index is 428. The molecular formula is C14H19NO2S. The largest absolute Gasteiger partial charge is 0.493 e. The first-order chi connectivity index (χ1) is 8.66. The zero-order valence-electron chi connectivity index (χ0n) is 10.6. The Labute approximate surface area is 113 Å². The average Bonchev–Trinajstić information content (AvgIpc) is 2.37. The molecule has 1 aromatic carbocycles. The van der Waals surface area contributed by atoms with Crippen LogP contribution < -0.4 is 10.5 Å². The molecule has 0 radical (unpaired) electrons. The van der Waals surface area contributed by atoms with Gasteiger partial charge in [-0.3, -0.25) is 0 Å². The van der Waals surface area contributed by atoms with Crippen molar-refractivity contribution in [3.8, 4) is 5.75 Å². The highest BCUT2D eigenvalue weighted by Gasteiger charge is 2.15. The van der Waals surface area contributed by atoms with Crippen LogP contribution >= 0.6 is 12.2 Å². The van der Waals surface area contributed by atoms with E-state index >= 15 is 0 Å². The van der Waals surface area contributed by atoms with Crippen molar-refractivity contribution in [2.24, 2.45) is 11.7 Å². The number of benzene rings is 1. The van der Waals surface area contributed by atoms with E-state index in [9.17, 15) is 0 Å². The quantitative estimate of drug-likeness (QED) is 0.849. The molecule has 2 rings (SSSR count). The second kappa shape index (κ2) is 6.16. The molecule has 0 spiro atoms. The molecule has 1 aliphatic rings.